The predicted octanol–water partition coefficient (Wildman–Crippen LogP) is 1.08. The highest BCUT2D eigenvalue weighted by atomic mass is 16.5. The number of esters is 1. The van der Waals surface area contributed by atoms with E-state index in [9.17, 15) is 4.79 Å². The van der Waals surface area contributed by atoms with Crippen molar-refractivity contribution >= 4 is 5.97 Å². The summed E-state index contributed by atoms with van der Waals surface area (Å²) in [6.45, 7) is 4.44. The zero-order valence-corrected chi connectivity index (χ0v) is 9.28. The molecule has 4 nitrogen and oxygen atoms in total. The van der Waals surface area contributed by atoms with Gasteiger partial charge in [0.1, 0.15) is 5.54 Å². The van der Waals surface area contributed by atoms with Gasteiger partial charge in [0, 0.05) is 12.4 Å². The molecule has 15 heavy (non-hydrogen) atoms. The number of rotatable bonds is 4. The summed E-state index contributed by atoms with van der Waals surface area (Å²) >= 11 is 0. The summed E-state index contributed by atoms with van der Waals surface area (Å²) in [4.78, 5) is 15.6. The number of hydrogen-bond acceptors (Lipinski definition) is 4. The molecule has 0 aliphatic heterocycles. The van der Waals surface area contributed by atoms with Gasteiger partial charge < -0.3 is 4.74 Å². The topological polar surface area (TPSA) is 51.2 Å². The van der Waals surface area contributed by atoms with Crippen molar-refractivity contribution in [3.63, 3.8) is 0 Å². The maximum Gasteiger partial charge on any atom is 0.330 e. The van der Waals surface area contributed by atoms with Gasteiger partial charge in [-0.2, -0.15) is 0 Å². The first-order valence-electron chi connectivity index (χ1n) is 4.89. The molecule has 0 saturated heterocycles. The van der Waals surface area contributed by atoms with Crippen molar-refractivity contribution in [2.75, 3.05) is 13.7 Å². The summed E-state index contributed by atoms with van der Waals surface area (Å²) in [7, 11) is 1.39. The Morgan fingerprint density at radius 2 is 2.13 bits per heavy atom. The van der Waals surface area contributed by atoms with Crippen LogP contribution in [0.1, 0.15) is 19.4 Å². The van der Waals surface area contributed by atoms with Crippen molar-refractivity contribution < 1.29 is 9.53 Å². The Bertz CT molecular complexity index is 327. The minimum Gasteiger partial charge on any atom is -0.467 e. The number of carbonyl (C=O) groups is 1. The lowest BCUT2D eigenvalue weighted by Crippen LogP contribution is -2.47. The second-order valence-corrected chi connectivity index (χ2v) is 3.38. The van der Waals surface area contributed by atoms with Gasteiger partial charge in [0.25, 0.3) is 0 Å². The van der Waals surface area contributed by atoms with Crippen LogP contribution in [0.3, 0.4) is 0 Å². The standard InChI is InChI=1S/C11H16N2O2/c1-4-13-11(2,10(14)15-3)9-5-7-12-8-6-9/h5-8,13H,4H2,1-3H3. The highest BCUT2D eigenvalue weighted by molar-refractivity contribution is 5.82. The van der Waals surface area contributed by atoms with Crippen LogP contribution in [0.15, 0.2) is 24.5 Å². The monoisotopic (exact) mass is 208 g/mol. The average molecular weight is 208 g/mol. The van der Waals surface area contributed by atoms with E-state index < -0.39 is 5.54 Å². The normalized spacial score (nSPS) is 14.3. The number of carbonyl (C=O) groups excluding carboxylic acids is 1. The van der Waals surface area contributed by atoms with Gasteiger partial charge in [0.15, 0.2) is 0 Å². The highest BCUT2D eigenvalue weighted by Gasteiger charge is 2.35. The van der Waals surface area contributed by atoms with E-state index in [-0.39, 0.29) is 5.97 Å². The molecule has 0 aliphatic carbocycles. The van der Waals surface area contributed by atoms with Gasteiger partial charge >= 0.3 is 5.97 Å². The molecular weight excluding hydrogens is 192 g/mol. The van der Waals surface area contributed by atoms with Gasteiger partial charge in [-0.1, -0.05) is 6.92 Å². The third-order valence-corrected chi connectivity index (χ3v) is 2.38. The van der Waals surface area contributed by atoms with Gasteiger partial charge in [-0.05, 0) is 31.2 Å². The molecule has 1 aromatic rings. The fourth-order valence-corrected chi connectivity index (χ4v) is 1.54. The minimum absolute atomic E-state index is 0.296. The number of hydrogen-bond donors (Lipinski definition) is 1. The van der Waals surface area contributed by atoms with Gasteiger partial charge in [0.2, 0.25) is 0 Å². The third kappa shape index (κ3) is 2.33. The van der Waals surface area contributed by atoms with Crippen LogP contribution < -0.4 is 5.32 Å². The van der Waals surface area contributed by atoms with Crippen LogP contribution in [-0.4, -0.2) is 24.6 Å². The molecule has 0 aromatic carbocycles. The van der Waals surface area contributed by atoms with E-state index in [1.165, 1.54) is 7.11 Å². The van der Waals surface area contributed by atoms with Crippen LogP contribution in [-0.2, 0) is 15.1 Å². The number of nitrogens with one attached hydrogen (secondary N) is 1. The van der Waals surface area contributed by atoms with Crippen molar-refractivity contribution in [3.05, 3.63) is 30.1 Å². The van der Waals surface area contributed by atoms with E-state index in [1.807, 2.05) is 6.92 Å². The largest absolute Gasteiger partial charge is 0.467 e. The lowest BCUT2D eigenvalue weighted by atomic mass is 9.93. The first-order valence-corrected chi connectivity index (χ1v) is 4.89. The Kier molecular flexibility index (Phi) is 3.80. The van der Waals surface area contributed by atoms with Crippen molar-refractivity contribution in [2.45, 2.75) is 19.4 Å². The Hall–Kier alpha value is -1.42. The molecule has 0 aliphatic rings. The van der Waals surface area contributed by atoms with Gasteiger partial charge in [-0.25, -0.2) is 4.79 Å². The zero-order valence-electron chi connectivity index (χ0n) is 9.28. The minimum atomic E-state index is -0.799. The van der Waals surface area contributed by atoms with E-state index in [0.29, 0.717) is 6.54 Å². The maximum absolute atomic E-state index is 11.7. The molecule has 4 heteroatoms. The SMILES string of the molecule is CCNC(C)(C(=O)OC)c1ccncc1. The fraction of sp³-hybridized carbons (Fsp3) is 0.455. The number of likely N-dealkylation sites (N-methyl/N-ethyl adjacent to an activating group) is 1. The smallest absolute Gasteiger partial charge is 0.330 e. The molecule has 0 bridgehead atoms. The lowest BCUT2D eigenvalue weighted by molar-refractivity contribution is -0.148. The number of aromatic nitrogens is 1. The van der Waals surface area contributed by atoms with E-state index in [4.69, 9.17) is 4.74 Å². The van der Waals surface area contributed by atoms with E-state index >= 15 is 0 Å². The van der Waals surface area contributed by atoms with Crippen molar-refractivity contribution in [1.29, 1.82) is 0 Å². The van der Waals surface area contributed by atoms with Crippen molar-refractivity contribution in [1.82, 2.24) is 10.3 Å². The van der Waals surface area contributed by atoms with E-state index in [2.05, 4.69) is 10.3 Å². The van der Waals surface area contributed by atoms with Crippen LogP contribution in [0, 0.1) is 0 Å². The second kappa shape index (κ2) is 4.89. The molecule has 0 saturated carbocycles. The fourth-order valence-electron chi connectivity index (χ4n) is 1.54. The van der Waals surface area contributed by atoms with Crippen LogP contribution in [0.2, 0.25) is 0 Å². The van der Waals surface area contributed by atoms with E-state index in [0.717, 1.165) is 5.56 Å². The molecule has 1 heterocycles. The summed E-state index contributed by atoms with van der Waals surface area (Å²) in [5.74, 6) is -0.296. The molecule has 0 radical (unpaired) electrons. The summed E-state index contributed by atoms with van der Waals surface area (Å²) < 4.78 is 4.80. The predicted molar refractivity (Wildman–Crippen MR) is 57.3 cm³/mol. The summed E-state index contributed by atoms with van der Waals surface area (Å²) in [5.41, 5.74) is 0.0538. The van der Waals surface area contributed by atoms with Gasteiger partial charge in [0.05, 0.1) is 7.11 Å². The Morgan fingerprint density at radius 1 is 1.53 bits per heavy atom. The van der Waals surface area contributed by atoms with Gasteiger partial charge in [-0.3, -0.25) is 10.3 Å². The first kappa shape index (κ1) is 11.7. The molecule has 0 fully saturated rings. The Morgan fingerprint density at radius 3 is 2.60 bits per heavy atom. The molecule has 1 N–H and O–H groups in total. The lowest BCUT2D eigenvalue weighted by Gasteiger charge is -2.27. The molecule has 82 valence electrons. The molecule has 1 rings (SSSR count). The molecule has 1 atom stereocenters. The maximum atomic E-state index is 11.7. The number of pyridine rings is 1. The number of ether oxygens (including phenoxy) is 1. The molecule has 0 amide bonds. The third-order valence-electron chi connectivity index (χ3n) is 2.38. The first-order chi connectivity index (χ1) is 7.15. The average Bonchev–Trinajstić information content (AvgIpc) is 2.29. The Labute approximate surface area is 89.7 Å². The number of methoxy groups -OCH3 is 1. The molecule has 0 spiro atoms. The summed E-state index contributed by atoms with van der Waals surface area (Å²) in [6, 6.07) is 3.61. The van der Waals surface area contributed by atoms with E-state index in [1.54, 1.807) is 31.5 Å². The second-order valence-electron chi connectivity index (χ2n) is 3.38. The van der Waals surface area contributed by atoms with Crippen molar-refractivity contribution in [3.8, 4) is 0 Å². The van der Waals surface area contributed by atoms with Crippen LogP contribution >= 0.6 is 0 Å². The van der Waals surface area contributed by atoms with Crippen LogP contribution in [0.4, 0.5) is 0 Å². The number of nitrogens with zero attached hydrogens (tertiary/aromatic N) is 1. The quantitative estimate of drug-likeness (QED) is 0.752. The molecule has 1 aromatic heterocycles. The summed E-state index contributed by atoms with van der Waals surface area (Å²) in [5, 5.41) is 3.12. The van der Waals surface area contributed by atoms with Crippen LogP contribution in [0.25, 0.3) is 0 Å². The van der Waals surface area contributed by atoms with Gasteiger partial charge in [-0.15, -0.1) is 0 Å². The van der Waals surface area contributed by atoms with Crippen molar-refractivity contribution in [2.24, 2.45) is 0 Å². The molecular formula is C11H16N2O2. The molecule has 1 unspecified atom stereocenters. The summed E-state index contributed by atoms with van der Waals surface area (Å²) in [6.07, 6.45) is 3.32. The highest BCUT2D eigenvalue weighted by Crippen LogP contribution is 2.21. The van der Waals surface area contributed by atoms with Crippen LogP contribution in [0.5, 0.6) is 0 Å². The Balaban J connectivity index is 3.06. The zero-order chi connectivity index (χ0) is 11.3.